The van der Waals surface area contributed by atoms with Gasteiger partial charge in [-0.3, -0.25) is 9.59 Å². The van der Waals surface area contributed by atoms with E-state index in [-0.39, 0.29) is 17.7 Å². The largest absolute Gasteiger partial charge is 0.451 e. The van der Waals surface area contributed by atoms with Crippen LogP contribution in [0, 0.1) is 19.8 Å². The molecule has 0 N–H and O–H groups in total. The Morgan fingerprint density at radius 2 is 1.96 bits per heavy atom. The molecule has 2 heterocycles. The summed E-state index contributed by atoms with van der Waals surface area (Å²) < 4.78 is 5.87. The Morgan fingerprint density at radius 3 is 2.65 bits per heavy atom. The van der Waals surface area contributed by atoms with E-state index in [0.717, 1.165) is 34.9 Å². The molecule has 5 nitrogen and oxygen atoms in total. The van der Waals surface area contributed by atoms with Crippen LogP contribution in [0.25, 0.3) is 11.0 Å². The van der Waals surface area contributed by atoms with E-state index in [1.807, 2.05) is 50.8 Å². The number of hydrogen-bond acceptors (Lipinski definition) is 3. The molecule has 0 saturated carbocycles. The molecule has 1 fully saturated rings. The monoisotopic (exact) mass is 356 g/mol. The van der Waals surface area contributed by atoms with Crippen molar-refractivity contribution >= 4 is 22.8 Å². The van der Waals surface area contributed by atoms with E-state index >= 15 is 0 Å². The Balaban J connectivity index is 1.81. The van der Waals surface area contributed by atoms with Gasteiger partial charge >= 0.3 is 0 Å². The van der Waals surface area contributed by atoms with E-state index in [9.17, 15) is 9.59 Å². The van der Waals surface area contributed by atoms with Gasteiger partial charge in [0.15, 0.2) is 5.76 Å². The van der Waals surface area contributed by atoms with Crippen molar-refractivity contribution in [1.82, 2.24) is 9.80 Å². The summed E-state index contributed by atoms with van der Waals surface area (Å²) in [4.78, 5) is 29.4. The fraction of sp³-hybridized carbons (Fsp3) is 0.524. The van der Waals surface area contributed by atoms with E-state index in [2.05, 4.69) is 0 Å². The molecular formula is C21H28N2O3. The van der Waals surface area contributed by atoms with Crippen LogP contribution in [0.2, 0.25) is 0 Å². The number of carbonyl (C=O) groups is 2. The van der Waals surface area contributed by atoms with Gasteiger partial charge in [-0.25, -0.2) is 0 Å². The van der Waals surface area contributed by atoms with Gasteiger partial charge in [0.05, 0.1) is 5.92 Å². The molecule has 0 unspecified atom stereocenters. The normalized spacial score (nSPS) is 17.5. The van der Waals surface area contributed by atoms with Crippen molar-refractivity contribution in [1.29, 1.82) is 0 Å². The first-order chi connectivity index (χ1) is 12.5. The van der Waals surface area contributed by atoms with Crippen molar-refractivity contribution in [2.75, 3.05) is 26.2 Å². The van der Waals surface area contributed by atoms with Crippen LogP contribution >= 0.6 is 0 Å². The summed E-state index contributed by atoms with van der Waals surface area (Å²) in [6.07, 6.45) is 1.69. The molecule has 0 bridgehead atoms. The zero-order valence-corrected chi connectivity index (χ0v) is 16.2. The highest BCUT2D eigenvalue weighted by molar-refractivity contribution is 5.99. The van der Waals surface area contributed by atoms with Gasteiger partial charge in [-0.2, -0.15) is 0 Å². The summed E-state index contributed by atoms with van der Waals surface area (Å²) in [6, 6.07) is 5.95. The summed E-state index contributed by atoms with van der Waals surface area (Å²) in [5.41, 5.74) is 2.76. The lowest BCUT2D eigenvalue weighted by Gasteiger charge is -2.34. The number of nitrogens with zero attached hydrogens (tertiary/aromatic N) is 2. The maximum absolute atomic E-state index is 13.1. The quantitative estimate of drug-likeness (QED) is 0.838. The molecule has 0 spiro atoms. The lowest BCUT2D eigenvalue weighted by atomic mass is 9.96. The minimum atomic E-state index is -0.112. The second-order valence-corrected chi connectivity index (χ2v) is 7.16. The smallest absolute Gasteiger partial charge is 0.289 e. The summed E-state index contributed by atoms with van der Waals surface area (Å²) >= 11 is 0. The average Bonchev–Trinajstić information content (AvgIpc) is 2.98. The summed E-state index contributed by atoms with van der Waals surface area (Å²) in [6.45, 7) is 10.5. The van der Waals surface area contributed by atoms with E-state index in [1.54, 1.807) is 4.90 Å². The van der Waals surface area contributed by atoms with Crippen LogP contribution in [0.4, 0.5) is 0 Å². The van der Waals surface area contributed by atoms with E-state index in [0.29, 0.717) is 31.9 Å². The molecule has 2 amide bonds. The molecule has 1 saturated heterocycles. The summed E-state index contributed by atoms with van der Waals surface area (Å²) in [5.74, 6) is 0.346. The van der Waals surface area contributed by atoms with Crippen molar-refractivity contribution in [3.8, 4) is 0 Å². The van der Waals surface area contributed by atoms with E-state index in [1.165, 1.54) is 0 Å². The fourth-order valence-corrected chi connectivity index (χ4v) is 3.84. The molecule has 1 aromatic heterocycles. The molecule has 1 aliphatic heterocycles. The topological polar surface area (TPSA) is 53.8 Å². The maximum atomic E-state index is 13.1. The highest BCUT2D eigenvalue weighted by atomic mass is 16.3. The van der Waals surface area contributed by atoms with Gasteiger partial charge in [0, 0.05) is 37.1 Å². The molecule has 2 aromatic rings. The van der Waals surface area contributed by atoms with Crippen LogP contribution in [0.1, 0.15) is 48.4 Å². The minimum absolute atomic E-state index is 0.103. The highest BCUT2D eigenvalue weighted by Gasteiger charge is 2.32. The molecule has 5 heteroatoms. The predicted octanol–water partition coefficient (Wildman–Crippen LogP) is 3.77. The number of amides is 2. The number of hydrogen-bond donors (Lipinski definition) is 0. The molecule has 3 rings (SSSR count). The first kappa shape index (κ1) is 18.5. The predicted molar refractivity (Wildman–Crippen MR) is 102 cm³/mol. The van der Waals surface area contributed by atoms with Crippen molar-refractivity contribution in [3.63, 3.8) is 0 Å². The van der Waals surface area contributed by atoms with Gasteiger partial charge in [0.1, 0.15) is 5.58 Å². The van der Waals surface area contributed by atoms with Gasteiger partial charge in [-0.1, -0.05) is 11.6 Å². The third kappa shape index (κ3) is 3.35. The molecule has 1 aromatic carbocycles. The second-order valence-electron chi connectivity index (χ2n) is 7.16. The number of furan rings is 1. The van der Waals surface area contributed by atoms with E-state index < -0.39 is 0 Å². The molecule has 26 heavy (non-hydrogen) atoms. The summed E-state index contributed by atoms with van der Waals surface area (Å²) in [7, 11) is 0. The molecule has 140 valence electrons. The van der Waals surface area contributed by atoms with Crippen molar-refractivity contribution < 1.29 is 14.0 Å². The van der Waals surface area contributed by atoms with Crippen LogP contribution in [0.3, 0.4) is 0 Å². The van der Waals surface area contributed by atoms with Crippen LogP contribution in [-0.4, -0.2) is 47.8 Å². The molecular weight excluding hydrogens is 328 g/mol. The average molecular weight is 356 g/mol. The summed E-state index contributed by atoms with van der Waals surface area (Å²) in [5, 5.41) is 0.987. The lowest BCUT2D eigenvalue weighted by Crippen LogP contribution is -2.46. The van der Waals surface area contributed by atoms with Crippen LogP contribution in [-0.2, 0) is 4.79 Å². The number of carbonyl (C=O) groups excluding carboxylic acids is 2. The Kier molecular flexibility index (Phi) is 5.35. The number of benzene rings is 1. The Morgan fingerprint density at radius 1 is 1.23 bits per heavy atom. The van der Waals surface area contributed by atoms with Crippen LogP contribution in [0.15, 0.2) is 22.6 Å². The highest BCUT2D eigenvalue weighted by Crippen LogP contribution is 2.28. The Bertz CT molecular complexity index is 820. The number of piperidine rings is 1. The van der Waals surface area contributed by atoms with Gasteiger partial charge in [-0.05, 0) is 52.7 Å². The van der Waals surface area contributed by atoms with Gasteiger partial charge in [0.25, 0.3) is 5.91 Å². The number of aryl methyl sites for hydroxylation is 2. The zero-order valence-electron chi connectivity index (χ0n) is 16.2. The molecule has 0 radical (unpaired) electrons. The maximum Gasteiger partial charge on any atom is 0.289 e. The van der Waals surface area contributed by atoms with Gasteiger partial charge in [-0.15, -0.1) is 0 Å². The minimum Gasteiger partial charge on any atom is -0.451 e. The molecule has 0 aliphatic carbocycles. The van der Waals surface area contributed by atoms with Crippen molar-refractivity contribution in [2.24, 2.45) is 5.92 Å². The standard InChI is InChI=1S/C21H28N2O3/c1-5-22(6-2)20(24)16-8-7-11-23(13-16)21(25)19-15(4)17-12-14(3)9-10-18(17)26-19/h9-10,12,16H,5-8,11,13H2,1-4H3/t16-/m0/s1. The fourth-order valence-electron chi connectivity index (χ4n) is 3.84. The lowest BCUT2D eigenvalue weighted by molar-refractivity contribution is -0.136. The van der Waals surface area contributed by atoms with Crippen LogP contribution < -0.4 is 0 Å². The third-order valence-electron chi connectivity index (χ3n) is 5.42. The number of fused-ring (bicyclic) bond motifs is 1. The molecule has 1 aliphatic rings. The number of likely N-dealkylation sites (tertiary alicyclic amines) is 1. The second kappa shape index (κ2) is 7.52. The van der Waals surface area contributed by atoms with Gasteiger partial charge < -0.3 is 14.2 Å². The van der Waals surface area contributed by atoms with Crippen molar-refractivity contribution in [2.45, 2.75) is 40.5 Å². The Labute approximate surface area is 154 Å². The molecule has 1 atom stereocenters. The SMILES string of the molecule is CCN(CC)C(=O)[C@H]1CCCN(C(=O)c2oc3ccc(C)cc3c2C)C1. The van der Waals surface area contributed by atoms with Crippen LogP contribution in [0.5, 0.6) is 0 Å². The zero-order chi connectivity index (χ0) is 18.8. The van der Waals surface area contributed by atoms with Crippen molar-refractivity contribution in [3.05, 3.63) is 35.1 Å². The van der Waals surface area contributed by atoms with Gasteiger partial charge in [0.2, 0.25) is 5.91 Å². The first-order valence-corrected chi connectivity index (χ1v) is 9.54. The Hall–Kier alpha value is -2.30. The third-order valence-corrected chi connectivity index (χ3v) is 5.42. The first-order valence-electron chi connectivity index (χ1n) is 9.54. The van der Waals surface area contributed by atoms with E-state index in [4.69, 9.17) is 4.42 Å². The number of rotatable bonds is 4.